The van der Waals surface area contributed by atoms with Gasteiger partial charge in [-0.15, -0.1) is 12.4 Å². The lowest BCUT2D eigenvalue weighted by Gasteiger charge is -2.35. The molecule has 1 amide bonds. The Kier molecular flexibility index (Phi) is 7.28. The fourth-order valence-electron chi connectivity index (χ4n) is 3.06. The Labute approximate surface area is 156 Å². The molecule has 2 N–H and O–H groups in total. The lowest BCUT2D eigenvalue weighted by molar-refractivity contribution is -0.137. The van der Waals surface area contributed by atoms with Crippen LogP contribution in [0.5, 0.6) is 0 Å². The van der Waals surface area contributed by atoms with E-state index >= 15 is 0 Å². The molecule has 26 heavy (non-hydrogen) atoms. The molecule has 5 nitrogen and oxygen atoms in total. The summed E-state index contributed by atoms with van der Waals surface area (Å²) in [7, 11) is 0. The van der Waals surface area contributed by atoms with Crippen molar-refractivity contribution in [1.29, 1.82) is 0 Å². The highest BCUT2D eigenvalue weighted by atomic mass is 35.5. The summed E-state index contributed by atoms with van der Waals surface area (Å²) < 4.78 is 43.7. The fourth-order valence-corrected chi connectivity index (χ4v) is 3.06. The molecule has 0 radical (unpaired) electrons. The number of morpholine rings is 1. The molecule has 0 aliphatic carbocycles. The van der Waals surface area contributed by atoms with Crippen LogP contribution in [0.2, 0.25) is 0 Å². The summed E-state index contributed by atoms with van der Waals surface area (Å²) in [4.78, 5) is 14.2. The van der Waals surface area contributed by atoms with Crippen molar-refractivity contribution in [2.75, 3.05) is 45.9 Å². The van der Waals surface area contributed by atoms with Crippen LogP contribution in [0.25, 0.3) is 0 Å². The summed E-state index contributed by atoms with van der Waals surface area (Å²) >= 11 is 0. The zero-order chi connectivity index (χ0) is 17.9. The summed E-state index contributed by atoms with van der Waals surface area (Å²) in [5.41, 5.74) is 0.100. The summed E-state index contributed by atoms with van der Waals surface area (Å²) in [6, 6.07) is 5.03. The number of carbonyl (C=O) groups is 1. The second-order valence-electron chi connectivity index (χ2n) is 6.38. The van der Waals surface area contributed by atoms with Crippen LogP contribution < -0.4 is 10.6 Å². The minimum Gasteiger partial charge on any atom is -0.379 e. The highest BCUT2D eigenvalue weighted by Crippen LogP contribution is 2.31. The molecule has 3 rings (SSSR count). The largest absolute Gasteiger partial charge is 0.416 e. The number of nitrogens with one attached hydrogen (secondary N) is 2. The Morgan fingerprint density at radius 1 is 1.23 bits per heavy atom. The predicted molar refractivity (Wildman–Crippen MR) is 93.2 cm³/mol. The molecule has 9 heteroatoms. The molecule has 2 heterocycles. The molecule has 0 spiro atoms. The number of hydrogen-bond acceptors (Lipinski definition) is 4. The molecular formula is C17H23ClF3N3O2. The van der Waals surface area contributed by atoms with Gasteiger partial charge in [0, 0.05) is 32.7 Å². The van der Waals surface area contributed by atoms with Crippen molar-refractivity contribution in [2.24, 2.45) is 5.92 Å². The van der Waals surface area contributed by atoms with Crippen molar-refractivity contribution < 1.29 is 22.7 Å². The van der Waals surface area contributed by atoms with Crippen LogP contribution in [0.3, 0.4) is 0 Å². The first-order valence-corrected chi connectivity index (χ1v) is 8.42. The average Bonchev–Trinajstić information content (AvgIpc) is 2.54. The van der Waals surface area contributed by atoms with E-state index in [0.29, 0.717) is 45.9 Å². The van der Waals surface area contributed by atoms with Gasteiger partial charge in [0.15, 0.2) is 0 Å². The fraction of sp³-hybridized carbons (Fsp3) is 0.588. The van der Waals surface area contributed by atoms with Gasteiger partial charge in [-0.05, 0) is 17.7 Å². The highest BCUT2D eigenvalue weighted by molar-refractivity contribution is 5.85. The van der Waals surface area contributed by atoms with Crippen molar-refractivity contribution in [3.8, 4) is 0 Å². The van der Waals surface area contributed by atoms with Gasteiger partial charge in [-0.3, -0.25) is 9.69 Å². The monoisotopic (exact) mass is 393 g/mol. The molecule has 2 saturated heterocycles. The van der Waals surface area contributed by atoms with E-state index in [-0.39, 0.29) is 30.3 Å². The van der Waals surface area contributed by atoms with E-state index in [9.17, 15) is 18.0 Å². The molecule has 2 fully saturated rings. The minimum absolute atomic E-state index is 0. The minimum atomic E-state index is -4.35. The van der Waals surface area contributed by atoms with Gasteiger partial charge in [0.2, 0.25) is 5.91 Å². The molecule has 146 valence electrons. The maximum Gasteiger partial charge on any atom is 0.416 e. The van der Waals surface area contributed by atoms with Gasteiger partial charge in [-0.2, -0.15) is 13.2 Å². The van der Waals surface area contributed by atoms with Crippen LogP contribution in [-0.4, -0.2) is 56.7 Å². The first-order chi connectivity index (χ1) is 11.9. The number of benzene rings is 1. The quantitative estimate of drug-likeness (QED) is 0.801. The molecule has 2 aliphatic rings. The number of hydrogen-bond donors (Lipinski definition) is 2. The van der Waals surface area contributed by atoms with Gasteiger partial charge in [0.1, 0.15) is 0 Å². The molecule has 2 aliphatic heterocycles. The molecule has 0 saturated carbocycles. The standard InChI is InChI=1S/C17H22F3N3O2.ClH/c18-17(19,20)14-3-1-12(2-4-14)15(23-5-7-25-8-6-23)11-22-16(24)13-9-21-10-13;/h1-4,13,15,21H,5-11H2,(H,22,24);1H. The highest BCUT2D eigenvalue weighted by Gasteiger charge is 2.31. The van der Waals surface area contributed by atoms with Crippen molar-refractivity contribution in [1.82, 2.24) is 15.5 Å². The molecule has 0 aromatic heterocycles. The van der Waals surface area contributed by atoms with Gasteiger partial charge < -0.3 is 15.4 Å². The van der Waals surface area contributed by atoms with E-state index < -0.39 is 11.7 Å². The zero-order valence-electron chi connectivity index (χ0n) is 14.2. The molecule has 1 unspecified atom stereocenters. The van der Waals surface area contributed by atoms with Crippen LogP contribution in [0, 0.1) is 5.92 Å². The average molecular weight is 394 g/mol. The smallest absolute Gasteiger partial charge is 0.379 e. The number of amides is 1. The van der Waals surface area contributed by atoms with Crippen molar-refractivity contribution in [3.63, 3.8) is 0 Å². The van der Waals surface area contributed by atoms with Crippen molar-refractivity contribution in [2.45, 2.75) is 12.2 Å². The Hall–Kier alpha value is -1.35. The molecule has 0 bridgehead atoms. The third-order valence-corrected chi connectivity index (χ3v) is 4.73. The second-order valence-corrected chi connectivity index (χ2v) is 6.38. The van der Waals surface area contributed by atoms with Gasteiger partial charge in [-0.1, -0.05) is 12.1 Å². The maximum atomic E-state index is 12.8. The molecule has 1 aromatic rings. The maximum absolute atomic E-state index is 12.8. The number of ether oxygens (including phenoxy) is 1. The SMILES string of the molecule is Cl.O=C(NCC(c1ccc(C(F)(F)F)cc1)N1CCOCC1)C1CNC1. The number of carbonyl (C=O) groups excluding carboxylic acids is 1. The molecular weight excluding hydrogens is 371 g/mol. The van der Waals surface area contributed by atoms with Crippen LogP contribution in [0.15, 0.2) is 24.3 Å². The second kappa shape index (κ2) is 9.03. The van der Waals surface area contributed by atoms with E-state index in [1.165, 1.54) is 12.1 Å². The van der Waals surface area contributed by atoms with E-state index in [2.05, 4.69) is 15.5 Å². The molecule has 1 atom stereocenters. The van der Waals surface area contributed by atoms with E-state index in [1.54, 1.807) is 0 Å². The summed E-state index contributed by atoms with van der Waals surface area (Å²) in [5, 5.41) is 5.99. The topological polar surface area (TPSA) is 53.6 Å². The van der Waals surface area contributed by atoms with Gasteiger partial charge in [0.25, 0.3) is 0 Å². The van der Waals surface area contributed by atoms with Gasteiger partial charge in [-0.25, -0.2) is 0 Å². The Bertz CT molecular complexity index is 588. The third-order valence-electron chi connectivity index (χ3n) is 4.73. The number of rotatable bonds is 5. The van der Waals surface area contributed by atoms with Gasteiger partial charge >= 0.3 is 6.18 Å². The van der Waals surface area contributed by atoms with Gasteiger partial charge in [0.05, 0.1) is 30.7 Å². The van der Waals surface area contributed by atoms with E-state index in [0.717, 1.165) is 17.7 Å². The third kappa shape index (κ3) is 5.09. The lowest BCUT2D eigenvalue weighted by atomic mass is 10.0. The van der Waals surface area contributed by atoms with Crippen LogP contribution in [0.4, 0.5) is 13.2 Å². The first-order valence-electron chi connectivity index (χ1n) is 8.42. The first kappa shape index (κ1) is 21.0. The Balaban J connectivity index is 0.00000243. The number of nitrogens with zero attached hydrogens (tertiary/aromatic N) is 1. The van der Waals surface area contributed by atoms with E-state index in [1.807, 2.05) is 0 Å². The van der Waals surface area contributed by atoms with Crippen LogP contribution in [-0.2, 0) is 15.7 Å². The van der Waals surface area contributed by atoms with Crippen LogP contribution >= 0.6 is 12.4 Å². The lowest BCUT2D eigenvalue weighted by Crippen LogP contribution is -2.52. The summed E-state index contributed by atoms with van der Waals surface area (Å²) in [6.45, 7) is 4.26. The number of alkyl halides is 3. The Morgan fingerprint density at radius 2 is 1.85 bits per heavy atom. The van der Waals surface area contributed by atoms with Crippen LogP contribution in [0.1, 0.15) is 17.2 Å². The van der Waals surface area contributed by atoms with Crippen molar-refractivity contribution in [3.05, 3.63) is 35.4 Å². The molecule has 1 aromatic carbocycles. The normalized spacial score (nSPS) is 20.0. The van der Waals surface area contributed by atoms with Crippen molar-refractivity contribution >= 4 is 18.3 Å². The summed E-state index contributed by atoms with van der Waals surface area (Å²) in [6.07, 6.45) is -4.35. The summed E-state index contributed by atoms with van der Waals surface area (Å²) in [5.74, 6) is -0.0261. The zero-order valence-corrected chi connectivity index (χ0v) is 15.0. The predicted octanol–water partition coefficient (Wildman–Crippen LogP) is 1.84. The van der Waals surface area contributed by atoms with E-state index in [4.69, 9.17) is 4.74 Å². The Morgan fingerprint density at radius 3 is 2.35 bits per heavy atom. The number of halogens is 4.